The Labute approximate surface area is 104 Å². The second-order valence-electron chi connectivity index (χ2n) is 3.48. The minimum absolute atomic E-state index is 0.518. The van der Waals surface area contributed by atoms with Gasteiger partial charge >= 0.3 is 0 Å². The monoisotopic (exact) mass is 253 g/mol. The molecule has 0 spiro atoms. The van der Waals surface area contributed by atoms with Crippen LogP contribution in [0.1, 0.15) is 5.76 Å². The summed E-state index contributed by atoms with van der Waals surface area (Å²) in [4.78, 5) is 0. The third-order valence-corrected chi connectivity index (χ3v) is 2.81. The van der Waals surface area contributed by atoms with Crippen LogP contribution < -0.4 is 9.47 Å². The fourth-order valence-electron chi connectivity index (χ4n) is 1.63. The van der Waals surface area contributed by atoms with Crippen LogP contribution in [0.15, 0.2) is 22.9 Å². The van der Waals surface area contributed by atoms with Crippen molar-refractivity contribution >= 4 is 11.6 Å². The maximum absolute atomic E-state index is 6.10. The summed E-state index contributed by atoms with van der Waals surface area (Å²) in [7, 11) is 3.15. The molecule has 0 atom stereocenters. The molecule has 0 aliphatic rings. The highest BCUT2D eigenvalue weighted by Gasteiger charge is 2.15. The van der Waals surface area contributed by atoms with Crippen molar-refractivity contribution in [1.29, 1.82) is 0 Å². The zero-order valence-corrected chi connectivity index (χ0v) is 10.5. The molecule has 0 aliphatic carbocycles. The van der Waals surface area contributed by atoms with Crippen LogP contribution in [0, 0.1) is 6.92 Å². The van der Waals surface area contributed by atoms with E-state index in [-0.39, 0.29) is 0 Å². The fourth-order valence-corrected chi connectivity index (χ4v) is 1.87. The smallest absolute Gasteiger partial charge is 0.141 e. The normalized spacial score (nSPS) is 10.4. The van der Waals surface area contributed by atoms with Gasteiger partial charge in [-0.05, 0) is 13.0 Å². The number of benzene rings is 1. The highest BCUT2D eigenvalue weighted by Crippen LogP contribution is 2.39. The molecule has 0 unspecified atom stereocenters. The number of aromatic nitrogens is 1. The molecular weight excluding hydrogens is 242 g/mol. The van der Waals surface area contributed by atoms with E-state index in [0.717, 1.165) is 11.1 Å². The quantitative estimate of drug-likeness (QED) is 0.842. The topological polar surface area (TPSA) is 44.5 Å². The van der Waals surface area contributed by atoms with Gasteiger partial charge in [-0.15, -0.1) is 0 Å². The fraction of sp³-hybridized carbons (Fsp3) is 0.250. The molecule has 4 nitrogen and oxygen atoms in total. The van der Waals surface area contributed by atoms with Crippen LogP contribution in [0.3, 0.4) is 0 Å². The highest BCUT2D eigenvalue weighted by atomic mass is 35.5. The summed E-state index contributed by atoms with van der Waals surface area (Å²) in [6, 6.07) is 3.52. The van der Waals surface area contributed by atoms with Crippen molar-refractivity contribution in [3.05, 3.63) is 29.1 Å². The van der Waals surface area contributed by atoms with Crippen molar-refractivity contribution in [3.63, 3.8) is 0 Å². The Hall–Kier alpha value is -1.68. The maximum Gasteiger partial charge on any atom is 0.141 e. The number of hydrogen-bond acceptors (Lipinski definition) is 4. The molecule has 1 aromatic carbocycles. The van der Waals surface area contributed by atoms with Crippen LogP contribution in [0.5, 0.6) is 11.5 Å². The Balaban J connectivity index is 2.61. The van der Waals surface area contributed by atoms with Gasteiger partial charge < -0.3 is 14.0 Å². The van der Waals surface area contributed by atoms with Gasteiger partial charge in [0.25, 0.3) is 0 Å². The Morgan fingerprint density at radius 3 is 2.35 bits per heavy atom. The Morgan fingerprint density at radius 1 is 1.12 bits per heavy atom. The van der Waals surface area contributed by atoms with E-state index in [1.54, 1.807) is 32.5 Å². The zero-order valence-electron chi connectivity index (χ0n) is 9.78. The van der Waals surface area contributed by atoms with Crippen LogP contribution >= 0.6 is 11.6 Å². The van der Waals surface area contributed by atoms with Crippen molar-refractivity contribution in [2.75, 3.05) is 14.2 Å². The number of ether oxygens (including phenoxy) is 2. The summed E-state index contributed by atoms with van der Waals surface area (Å²) < 4.78 is 15.5. The molecule has 17 heavy (non-hydrogen) atoms. The first-order valence-electron chi connectivity index (χ1n) is 5.00. The molecule has 0 aliphatic heterocycles. The van der Waals surface area contributed by atoms with E-state index in [2.05, 4.69) is 5.16 Å². The molecule has 2 rings (SSSR count). The molecule has 0 amide bonds. The molecular formula is C12H12ClNO3. The lowest BCUT2D eigenvalue weighted by Crippen LogP contribution is -1.91. The van der Waals surface area contributed by atoms with Crippen molar-refractivity contribution in [2.24, 2.45) is 0 Å². The number of nitrogens with zero attached hydrogens (tertiary/aromatic N) is 1. The van der Waals surface area contributed by atoms with Crippen LogP contribution in [0.25, 0.3) is 11.1 Å². The van der Waals surface area contributed by atoms with Gasteiger partial charge in [-0.2, -0.15) is 0 Å². The van der Waals surface area contributed by atoms with Gasteiger partial charge in [-0.25, -0.2) is 0 Å². The number of rotatable bonds is 3. The average Bonchev–Trinajstić information content (AvgIpc) is 2.75. The molecule has 5 heteroatoms. The van der Waals surface area contributed by atoms with Gasteiger partial charge in [0.1, 0.15) is 17.3 Å². The summed E-state index contributed by atoms with van der Waals surface area (Å²) >= 11 is 6.10. The molecule has 0 saturated carbocycles. The third-order valence-electron chi connectivity index (χ3n) is 2.51. The lowest BCUT2D eigenvalue weighted by molar-refractivity contribution is 0.394. The lowest BCUT2D eigenvalue weighted by Gasteiger charge is -2.11. The standard InChI is InChI=1S/C12H12ClNO3/c1-7-9(6-14-17-7)8-4-10(13)12(16-3)5-11(8)15-2/h4-6H,1-3H3. The van der Waals surface area contributed by atoms with E-state index < -0.39 is 0 Å². The molecule has 0 radical (unpaired) electrons. The van der Waals surface area contributed by atoms with Crippen LogP contribution in [0.4, 0.5) is 0 Å². The molecule has 1 heterocycles. The van der Waals surface area contributed by atoms with Gasteiger partial charge in [0.2, 0.25) is 0 Å². The second kappa shape index (κ2) is 4.67. The number of halogens is 1. The predicted molar refractivity (Wildman–Crippen MR) is 64.8 cm³/mol. The Bertz CT molecular complexity index is 537. The summed E-state index contributed by atoms with van der Waals surface area (Å²) in [5.74, 6) is 1.95. The van der Waals surface area contributed by atoms with Crippen molar-refractivity contribution in [1.82, 2.24) is 5.16 Å². The number of hydrogen-bond donors (Lipinski definition) is 0. The van der Waals surface area contributed by atoms with E-state index in [9.17, 15) is 0 Å². The molecule has 1 aromatic heterocycles. The molecule has 0 bridgehead atoms. The van der Waals surface area contributed by atoms with Crippen molar-refractivity contribution < 1.29 is 14.0 Å². The SMILES string of the molecule is COc1cc(OC)c(-c2cnoc2C)cc1Cl. The highest BCUT2D eigenvalue weighted by molar-refractivity contribution is 6.32. The van der Waals surface area contributed by atoms with Crippen molar-refractivity contribution in [2.45, 2.75) is 6.92 Å². The van der Waals surface area contributed by atoms with E-state index in [4.69, 9.17) is 25.6 Å². The Kier molecular flexibility index (Phi) is 3.24. The first kappa shape index (κ1) is 11.8. The first-order valence-corrected chi connectivity index (χ1v) is 5.38. The molecule has 0 fully saturated rings. The molecule has 2 aromatic rings. The van der Waals surface area contributed by atoms with Gasteiger partial charge in [0.15, 0.2) is 0 Å². The van der Waals surface area contributed by atoms with Crippen LogP contribution in [-0.2, 0) is 0 Å². The Morgan fingerprint density at radius 2 is 1.82 bits per heavy atom. The largest absolute Gasteiger partial charge is 0.496 e. The van der Waals surface area contributed by atoms with Crippen LogP contribution in [0.2, 0.25) is 5.02 Å². The maximum atomic E-state index is 6.10. The van der Waals surface area contributed by atoms with Gasteiger partial charge in [-0.1, -0.05) is 16.8 Å². The lowest BCUT2D eigenvalue weighted by atomic mass is 10.1. The van der Waals surface area contributed by atoms with Gasteiger partial charge in [0.05, 0.1) is 25.4 Å². The van der Waals surface area contributed by atoms with Crippen molar-refractivity contribution in [3.8, 4) is 22.6 Å². The summed E-state index contributed by atoms with van der Waals surface area (Å²) in [5, 5.41) is 4.26. The van der Waals surface area contributed by atoms with E-state index in [0.29, 0.717) is 22.3 Å². The summed E-state index contributed by atoms with van der Waals surface area (Å²) in [5.41, 5.74) is 1.68. The van der Waals surface area contributed by atoms with E-state index in [1.807, 2.05) is 6.92 Å². The van der Waals surface area contributed by atoms with Gasteiger partial charge in [-0.3, -0.25) is 0 Å². The number of aryl methyl sites for hydroxylation is 1. The zero-order chi connectivity index (χ0) is 12.4. The summed E-state index contributed by atoms with van der Waals surface area (Å²) in [6.07, 6.45) is 1.63. The van der Waals surface area contributed by atoms with Crippen LogP contribution in [-0.4, -0.2) is 19.4 Å². The minimum atomic E-state index is 0.518. The molecule has 0 N–H and O–H groups in total. The average molecular weight is 254 g/mol. The molecule has 90 valence electrons. The number of methoxy groups -OCH3 is 2. The van der Waals surface area contributed by atoms with E-state index in [1.165, 1.54) is 0 Å². The van der Waals surface area contributed by atoms with E-state index >= 15 is 0 Å². The third kappa shape index (κ3) is 2.08. The predicted octanol–water partition coefficient (Wildman–Crippen LogP) is 3.32. The molecule has 0 saturated heterocycles. The van der Waals surface area contributed by atoms with Gasteiger partial charge in [0, 0.05) is 17.2 Å². The minimum Gasteiger partial charge on any atom is -0.496 e. The summed E-state index contributed by atoms with van der Waals surface area (Å²) in [6.45, 7) is 1.83. The first-order chi connectivity index (χ1) is 8.17. The second-order valence-corrected chi connectivity index (χ2v) is 3.89.